The van der Waals surface area contributed by atoms with Gasteiger partial charge in [-0.2, -0.15) is 0 Å². The molecule has 0 spiro atoms. The van der Waals surface area contributed by atoms with Gasteiger partial charge in [-0.1, -0.05) is 12.1 Å². The third kappa shape index (κ3) is 2.52. The van der Waals surface area contributed by atoms with Crippen LogP contribution in [0.15, 0.2) is 24.3 Å². The highest BCUT2D eigenvalue weighted by molar-refractivity contribution is 5.85. The van der Waals surface area contributed by atoms with Gasteiger partial charge >= 0.3 is 5.97 Å². The van der Waals surface area contributed by atoms with Gasteiger partial charge in [-0.3, -0.25) is 0 Å². The highest BCUT2D eigenvalue weighted by atomic mass is 16.4. The fraction of sp³-hybridized carbons (Fsp3) is 0.333. The molecule has 0 radical (unpaired) electrons. The molecule has 1 aromatic carbocycles. The summed E-state index contributed by atoms with van der Waals surface area (Å²) in [7, 11) is 1.75. The number of carboxylic acid groups (broad SMARTS) is 1. The first-order chi connectivity index (χ1) is 8.90. The second-order valence-electron chi connectivity index (χ2n) is 4.94. The van der Waals surface area contributed by atoms with Gasteiger partial charge in [-0.15, -0.1) is 0 Å². The number of pyridine rings is 1. The zero-order chi connectivity index (χ0) is 14.2. The van der Waals surface area contributed by atoms with Crippen LogP contribution in [0, 0.1) is 13.8 Å². The first-order valence-electron chi connectivity index (χ1n) is 6.24. The average Bonchev–Trinajstić information content (AvgIpc) is 2.36. The van der Waals surface area contributed by atoms with E-state index in [2.05, 4.69) is 17.1 Å². The largest absolute Gasteiger partial charge is 0.480 e. The normalized spacial score (nSPS) is 12.4. The SMILES string of the molecule is Cc1ccc2c(C)cc(N(C)C(C)C(=O)O)nc2c1. The molecule has 0 amide bonds. The Morgan fingerprint density at radius 3 is 2.63 bits per heavy atom. The number of carbonyl (C=O) groups is 1. The Bertz CT molecular complexity index is 637. The number of hydrogen-bond acceptors (Lipinski definition) is 3. The molecule has 4 nitrogen and oxygen atoms in total. The molecule has 0 aliphatic carbocycles. The molecule has 100 valence electrons. The maximum Gasteiger partial charge on any atom is 0.326 e. The van der Waals surface area contributed by atoms with Gasteiger partial charge in [0, 0.05) is 12.4 Å². The van der Waals surface area contributed by atoms with Crippen molar-refractivity contribution in [3.05, 3.63) is 35.4 Å². The van der Waals surface area contributed by atoms with Crippen LogP contribution in [0.1, 0.15) is 18.1 Å². The van der Waals surface area contributed by atoms with Crippen molar-refractivity contribution in [2.75, 3.05) is 11.9 Å². The third-order valence-electron chi connectivity index (χ3n) is 3.46. The summed E-state index contributed by atoms with van der Waals surface area (Å²) >= 11 is 0. The summed E-state index contributed by atoms with van der Waals surface area (Å²) in [6.45, 7) is 5.69. The zero-order valence-corrected chi connectivity index (χ0v) is 11.6. The van der Waals surface area contributed by atoms with Gasteiger partial charge in [0.2, 0.25) is 0 Å². The molecular formula is C15H18N2O2. The number of anilines is 1. The molecule has 0 bridgehead atoms. The van der Waals surface area contributed by atoms with E-state index in [4.69, 9.17) is 5.11 Å². The third-order valence-corrected chi connectivity index (χ3v) is 3.46. The number of likely N-dealkylation sites (N-methyl/N-ethyl adjacent to an activating group) is 1. The summed E-state index contributed by atoms with van der Waals surface area (Å²) in [5.41, 5.74) is 3.15. The average molecular weight is 258 g/mol. The Morgan fingerprint density at radius 2 is 2.00 bits per heavy atom. The van der Waals surface area contributed by atoms with Crippen LogP contribution < -0.4 is 4.90 Å². The first kappa shape index (κ1) is 13.3. The molecule has 0 aliphatic rings. The Labute approximate surface area is 112 Å². The quantitative estimate of drug-likeness (QED) is 0.919. The van der Waals surface area contributed by atoms with E-state index < -0.39 is 12.0 Å². The molecule has 0 saturated carbocycles. The number of nitrogens with zero attached hydrogens (tertiary/aromatic N) is 2. The summed E-state index contributed by atoms with van der Waals surface area (Å²) in [5, 5.41) is 10.2. The first-order valence-corrected chi connectivity index (χ1v) is 6.24. The van der Waals surface area contributed by atoms with Crippen LogP contribution in [0.5, 0.6) is 0 Å². The Balaban J connectivity index is 2.53. The summed E-state index contributed by atoms with van der Waals surface area (Å²) in [4.78, 5) is 17.3. The van der Waals surface area contributed by atoms with Crippen molar-refractivity contribution in [3.8, 4) is 0 Å². The van der Waals surface area contributed by atoms with E-state index in [1.165, 1.54) is 0 Å². The summed E-state index contributed by atoms with van der Waals surface area (Å²) in [5.74, 6) is -0.170. The van der Waals surface area contributed by atoms with Crippen molar-refractivity contribution in [1.82, 2.24) is 4.98 Å². The smallest absolute Gasteiger partial charge is 0.326 e. The molecule has 0 saturated heterocycles. The van der Waals surface area contributed by atoms with Gasteiger partial charge in [-0.25, -0.2) is 9.78 Å². The van der Waals surface area contributed by atoms with Gasteiger partial charge < -0.3 is 10.0 Å². The number of carboxylic acids is 1. The fourth-order valence-electron chi connectivity index (χ4n) is 2.04. The van der Waals surface area contributed by atoms with Gasteiger partial charge in [0.15, 0.2) is 0 Å². The molecule has 4 heteroatoms. The number of hydrogen-bond donors (Lipinski definition) is 1. The maximum atomic E-state index is 11.0. The lowest BCUT2D eigenvalue weighted by Crippen LogP contribution is -2.36. The number of fused-ring (bicyclic) bond motifs is 1. The molecule has 1 unspecified atom stereocenters. The number of aliphatic carboxylic acids is 1. The topological polar surface area (TPSA) is 53.4 Å². The van der Waals surface area contributed by atoms with Crippen LogP contribution in [0.4, 0.5) is 5.82 Å². The van der Waals surface area contributed by atoms with Crippen molar-refractivity contribution < 1.29 is 9.90 Å². The Hall–Kier alpha value is -2.10. The molecule has 0 fully saturated rings. The van der Waals surface area contributed by atoms with Gasteiger partial charge in [0.05, 0.1) is 5.52 Å². The lowest BCUT2D eigenvalue weighted by atomic mass is 10.1. The monoisotopic (exact) mass is 258 g/mol. The molecule has 1 heterocycles. The Morgan fingerprint density at radius 1 is 1.32 bits per heavy atom. The minimum atomic E-state index is -0.855. The highest BCUT2D eigenvalue weighted by Crippen LogP contribution is 2.23. The summed E-state index contributed by atoms with van der Waals surface area (Å²) in [6.07, 6.45) is 0. The van der Waals surface area contributed by atoms with Gasteiger partial charge in [-0.05, 0) is 44.0 Å². The van der Waals surface area contributed by atoms with Crippen LogP contribution in [-0.4, -0.2) is 29.1 Å². The molecular weight excluding hydrogens is 240 g/mol. The molecule has 1 aromatic heterocycles. The second kappa shape index (κ2) is 4.88. The van der Waals surface area contributed by atoms with E-state index in [9.17, 15) is 4.79 Å². The molecule has 1 N–H and O–H groups in total. The van der Waals surface area contributed by atoms with E-state index in [-0.39, 0.29) is 0 Å². The standard InChI is InChI=1S/C15H18N2O2/c1-9-5-6-12-10(2)8-14(16-13(12)7-9)17(4)11(3)15(18)19/h5-8,11H,1-4H3,(H,18,19). The van der Waals surface area contributed by atoms with Gasteiger partial charge in [0.25, 0.3) is 0 Å². The molecule has 2 rings (SSSR count). The number of aryl methyl sites for hydroxylation is 2. The van der Waals surface area contributed by atoms with Crippen LogP contribution in [0.2, 0.25) is 0 Å². The van der Waals surface area contributed by atoms with E-state index in [1.54, 1.807) is 18.9 Å². The highest BCUT2D eigenvalue weighted by Gasteiger charge is 2.18. The van der Waals surface area contributed by atoms with Crippen molar-refractivity contribution in [3.63, 3.8) is 0 Å². The number of benzene rings is 1. The zero-order valence-electron chi connectivity index (χ0n) is 11.6. The second-order valence-corrected chi connectivity index (χ2v) is 4.94. The van der Waals surface area contributed by atoms with Crippen molar-refractivity contribution in [1.29, 1.82) is 0 Å². The molecule has 1 atom stereocenters. The van der Waals surface area contributed by atoms with Gasteiger partial charge in [0.1, 0.15) is 11.9 Å². The molecule has 19 heavy (non-hydrogen) atoms. The van der Waals surface area contributed by atoms with Crippen molar-refractivity contribution in [2.24, 2.45) is 0 Å². The van der Waals surface area contributed by atoms with E-state index in [1.807, 2.05) is 26.0 Å². The summed E-state index contributed by atoms with van der Waals surface area (Å²) < 4.78 is 0. The van der Waals surface area contributed by atoms with E-state index >= 15 is 0 Å². The van der Waals surface area contributed by atoms with Crippen LogP contribution in [-0.2, 0) is 4.79 Å². The number of aromatic nitrogens is 1. The minimum absolute atomic E-state index is 0.603. The van der Waals surface area contributed by atoms with Crippen LogP contribution in [0.25, 0.3) is 10.9 Å². The molecule has 0 aliphatic heterocycles. The van der Waals surface area contributed by atoms with Crippen LogP contribution in [0.3, 0.4) is 0 Å². The lowest BCUT2D eigenvalue weighted by Gasteiger charge is -2.23. The van der Waals surface area contributed by atoms with Crippen molar-refractivity contribution in [2.45, 2.75) is 26.8 Å². The fourth-order valence-corrected chi connectivity index (χ4v) is 2.04. The lowest BCUT2D eigenvalue weighted by molar-refractivity contribution is -0.138. The maximum absolute atomic E-state index is 11.0. The van der Waals surface area contributed by atoms with Crippen molar-refractivity contribution >= 4 is 22.7 Å². The molecule has 2 aromatic rings. The van der Waals surface area contributed by atoms with E-state index in [0.717, 1.165) is 22.0 Å². The van der Waals surface area contributed by atoms with Crippen LogP contribution >= 0.6 is 0 Å². The number of rotatable bonds is 3. The predicted molar refractivity (Wildman–Crippen MR) is 76.7 cm³/mol. The predicted octanol–water partition coefficient (Wildman–Crippen LogP) is 2.76. The minimum Gasteiger partial charge on any atom is -0.480 e. The Kier molecular flexibility index (Phi) is 3.42. The summed E-state index contributed by atoms with van der Waals surface area (Å²) in [6, 6.07) is 7.45. The van der Waals surface area contributed by atoms with E-state index in [0.29, 0.717) is 5.82 Å².